The average Bonchev–Trinajstić information content (AvgIpc) is 2.08. The molecule has 0 N–H and O–H groups in total. The molecule has 0 aliphatic carbocycles. The highest BCUT2D eigenvalue weighted by Gasteiger charge is 2.10. The summed E-state index contributed by atoms with van der Waals surface area (Å²) in [7, 11) is 0.146. The van der Waals surface area contributed by atoms with Crippen LogP contribution < -0.4 is 0 Å². The first kappa shape index (κ1) is 10.9. The van der Waals surface area contributed by atoms with Crippen LogP contribution >= 0.6 is 0 Å². The van der Waals surface area contributed by atoms with Gasteiger partial charge in [0, 0.05) is 12.3 Å². The van der Waals surface area contributed by atoms with E-state index in [-0.39, 0.29) is 9.52 Å². The molecular weight excluding hydrogens is 152 g/mol. The summed E-state index contributed by atoms with van der Waals surface area (Å²) >= 11 is 0. The van der Waals surface area contributed by atoms with Crippen molar-refractivity contribution in [3.63, 3.8) is 0 Å². The lowest BCUT2D eigenvalue weighted by molar-refractivity contribution is 0.0655. The molecule has 1 atom stereocenters. The maximum Gasteiger partial charge on any atom is 0.0525 e. The molecule has 0 spiro atoms. The van der Waals surface area contributed by atoms with Crippen LogP contribution in [-0.2, 0) is 4.74 Å². The lowest BCUT2D eigenvalue weighted by Gasteiger charge is -2.20. The molecule has 1 aliphatic rings. The van der Waals surface area contributed by atoms with Gasteiger partial charge in [-0.15, -0.1) is 6.58 Å². The van der Waals surface area contributed by atoms with Crippen molar-refractivity contribution in [2.75, 3.05) is 6.61 Å². The Kier molecular flexibility index (Phi) is 7.96. The molecule has 0 radical (unpaired) electrons. The van der Waals surface area contributed by atoms with Gasteiger partial charge >= 0.3 is 0 Å². The summed E-state index contributed by atoms with van der Waals surface area (Å²) in [6, 6.07) is 0. The Morgan fingerprint density at radius 3 is 2.45 bits per heavy atom. The molecule has 0 aromatic heterocycles. The molecule has 1 nitrogen and oxygen atoms in total. The van der Waals surface area contributed by atoms with Crippen molar-refractivity contribution in [1.82, 2.24) is 0 Å². The molecule has 0 bridgehead atoms. The molecular formula is C9H20OSi. The van der Waals surface area contributed by atoms with Gasteiger partial charge in [0.1, 0.15) is 0 Å². The van der Waals surface area contributed by atoms with Crippen LogP contribution in [-0.4, -0.2) is 21.9 Å². The molecule has 0 aromatic rings. The van der Waals surface area contributed by atoms with Crippen LogP contribution in [0.3, 0.4) is 0 Å². The Morgan fingerprint density at radius 1 is 1.55 bits per heavy atom. The predicted molar refractivity (Wildman–Crippen MR) is 53.9 cm³/mol. The Hall–Kier alpha value is -0.0831. The first-order valence-corrected chi connectivity index (χ1v) is 6.76. The molecule has 1 rings (SSSR count). The molecule has 1 aliphatic heterocycles. The highest BCUT2D eigenvalue weighted by Crippen LogP contribution is 2.10. The third-order valence-corrected chi connectivity index (χ3v) is 3.28. The van der Waals surface area contributed by atoms with Crippen LogP contribution in [0.25, 0.3) is 0 Å². The van der Waals surface area contributed by atoms with Gasteiger partial charge in [0.2, 0.25) is 0 Å². The van der Waals surface area contributed by atoms with Gasteiger partial charge < -0.3 is 4.74 Å². The van der Waals surface area contributed by atoms with Gasteiger partial charge in [-0.25, -0.2) is 0 Å². The van der Waals surface area contributed by atoms with E-state index in [1.165, 1.54) is 19.3 Å². The maximum atomic E-state index is 5.49. The van der Waals surface area contributed by atoms with Crippen LogP contribution in [0.5, 0.6) is 0 Å². The van der Waals surface area contributed by atoms with E-state index < -0.39 is 0 Å². The van der Waals surface area contributed by atoms with E-state index in [1.54, 1.807) is 6.08 Å². The van der Waals surface area contributed by atoms with Gasteiger partial charge in [-0.3, -0.25) is 0 Å². The van der Waals surface area contributed by atoms with Gasteiger partial charge in [-0.2, -0.15) is 0 Å². The normalized spacial score (nSPS) is 24.4. The van der Waals surface area contributed by atoms with Crippen molar-refractivity contribution < 1.29 is 4.74 Å². The zero-order valence-electron chi connectivity index (χ0n) is 7.81. The van der Waals surface area contributed by atoms with E-state index >= 15 is 0 Å². The summed E-state index contributed by atoms with van der Waals surface area (Å²) < 4.78 is 5.49. The molecule has 0 aromatic carbocycles. The molecule has 0 saturated carbocycles. The Labute approximate surface area is 72.7 Å². The zero-order valence-corrected chi connectivity index (χ0v) is 9.22. The monoisotopic (exact) mass is 172 g/mol. The van der Waals surface area contributed by atoms with Crippen molar-refractivity contribution in [2.45, 2.75) is 38.5 Å². The lowest BCUT2D eigenvalue weighted by atomic mass is 10.2. The second-order valence-corrected chi connectivity index (χ2v) is 4.53. The number of rotatable bonds is 1. The highest BCUT2D eigenvalue weighted by molar-refractivity contribution is 6.35. The molecule has 11 heavy (non-hydrogen) atoms. The van der Waals surface area contributed by atoms with E-state index in [1.807, 2.05) is 6.92 Å². The molecule has 1 unspecified atom stereocenters. The Morgan fingerprint density at radius 2 is 2.18 bits per heavy atom. The molecule has 0 amide bonds. The fraction of sp³-hybridized carbons (Fsp3) is 0.778. The summed E-state index contributed by atoms with van der Waals surface area (Å²) in [5.74, 6) is 0. The smallest absolute Gasteiger partial charge is 0.0525 e. The van der Waals surface area contributed by atoms with E-state index in [4.69, 9.17) is 4.74 Å². The molecule has 1 fully saturated rings. The minimum Gasteiger partial charge on any atom is -0.382 e. The maximum absolute atomic E-state index is 5.49. The summed E-state index contributed by atoms with van der Waals surface area (Å²) in [4.78, 5) is 0. The SMILES string of the molecule is C=CC.C[SiH2]C1CCCCO1. The molecule has 2 heteroatoms. The highest BCUT2D eigenvalue weighted by atomic mass is 28.2. The summed E-state index contributed by atoms with van der Waals surface area (Å²) in [6.45, 7) is 8.61. The van der Waals surface area contributed by atoms with Crippen molar-refractivity contribution in [3.05, 3.63) is 12.7 Å². The molecule has 1 heterocycles. The standard InChI is InChI=1S/C6H14OSi.C3H6/c1-8-6-4-2-3-5-7-6;1-3-2/h6H,2-5,8H2,1H3;3H,1H2,2H3. The number of hydrogen-bond donors (Lipinski definition) is 0. The van der Waals surface area contributed by atoms with Gasteiger partial charge in [-0.05, 0) is 26.2 Å². The van der Waals surface area contributed by atoms with Crippen LogP contribution in [0.15, 0.2) is 12.7 Å². The topological polar surface area (TPSA) is 9.23 Å². The van der Waals surface area contributed by atoms with Crippen LogP contribution in [0.4, 0.5) is 0 Å². The van der Waals surface area contributed by atoms with Crippen molar-refractivity contribution in [2.24, 2.45) is 0 Å². The summed E-state index contributed by atoms with van der Waals surface area (Å²) in [6.07, 6.45) is 5.80. The number of allylic oxidation sites excluding steroid dienone is 1. The van der Waals surface area contributed by atoms with Gasteiger partial charge in [0.25, 0.3) is 0 Å². The average molecular weight is 172 g/mol. The zero-order chi connectivity index (χ0) is 8.53. The van der Waals surface area contributed by atoms with E-state index in [0.29, 0.717) is 0 Å². The van der Waals surface area contributed by atoms with E-state index in [9.17, 15) is 0 Å². The second-order valence-electron chi connectivity index (χ2n) is 2.81. The van der Waals surface area contributed by atoms with Crippen molar-refractivity contribution in [1.29, 1.82) is 0 Å². The minimum atomic E-state index is 0.146. The minimum absolute atomic E-state index is 0.146. The first-order valence-electron chi connectivity index (χ1n) is 4.53. The van der Waals surface area contributed by atoms with Gasteiger partial charge in [0.15, 0.2) is 0 Å². The van der Waals surface area contributed by atoms with Gasteiger partial charge in [-0.1, -0.05) is 12.6 Å². The third kappa shape index (κ3) is 6.32. The fourth-order valence-electron chi connectivity index (χ4n) is 1.13. The first-order chi connectivity index (χ1) is 5.35. The third-order valence-electron chi connectivity index (χ3n) is 1.73. The summed E-state index contributed by atoms with van der Waals surface area (Å²) in [5.41, 5.74) is 0.726. The summed E-state index contributed by atoms with van der Waals surface area (Å²) in [5, 5.41) is 0. The number of hydrogen-bond acceptors (Lipinski definition) is 1. The van der Waals surface area contributed by atoms with E-state index in [0.717, 1.165) is 12.3 Å². The Balaban J connectivity index is 0.000000292. The van der Waals surface area contributed by atoms with Crippen LogP contribution in [0.1, 0.15) is 26.2 Å². The predicted octanol–water partition coefficient (Wildman–Crippen LogP) is 1.92. The quantitative estimate of drug-likeness (QED) is 0.434. The second kappa shape index (κ2) is 8.02. The van der Waals surface area contributed by atoms with Crippen molar-refractivity contribution >= 4 is 9.52 Å². The Bertz CT molecular complexity index is 87.6. The number of ether oxygens (including phenoxy) is 1. The van der Waals surface area contributed by atoms with Crippen molar-refractivity contribution in [3.8, 4) is 0 Å². The van der Waals surface area contributed by atoms with Crippen LogP contribution in [0, 0.1) is 0 Å². The molecule has 1 saturated heterocycles. The largest absolute Gasteiger partial charge is 0.382 e. The van der Waals surface area contributed by atoms with Gasteiger partial charge in [0.05, 0.1) is 9.52 Å². The molecule has 66 valence electrons. The lowest BCUT2D eigenvalue weighted by Crippen LogP contribution is -2.23. The van der Waals surface area contributed by atoms with Crippen LogP contribution in [0.2, 0.25) is 6.55 Å². The van der Waals surface area contributed by atoms with E-state index in [2.05, 4.69) is 13.1 Å². The fourth-order valence-corrected chi connectivity index (χ4v) is 2.23.